The molecule has 0 fully saturated rings. The highest BCUT2D eigenvalue weighted by Crippen LogP contribution is 2.28. The minimum atomic E-state index is -0.570. The molecule has 2 unspecified atom stereocenters. The number of nitrogens with one attached hydrogen (secondary N) is 1. The molecule has 0 saturated heterocycles. The lowest BCUT2D eigenvalue weighted by atomic mass is 9.79. The highest BCUT2D eigenvalue weighted by molar-refractivity contribution is 5.76. The van der Waals surface area contributed by atoms with E-state index >= 15 is 0 Å². The minimum absolute atomic E-state index is 0.00458. The van der Waals surface area contributed by atoms with Gasteiger partial charge in [0.25, 0.3) is 0 Å². The van der Waals surface area contributed by atoms with Crippen LogP contribution in [-0.4, -0.2) is 23.2 Å². The molecule has 0 radical (unpaired) electrons. The van der Waals surface area contributed by atoms with Crippen LogP contribution < -0.4 is 5.32 Å². The van der Waals surface area contributed by atoms with Crippen molar-refractivity contribution in [3.05, 3.63) is 35.9 Å². The number of amides is 1. The van der Waals surface area contributed by atoms with E-state index in [9.17, 15) is 9.90 Å². The third-order valence-electron chi connectivity index (χ3n) is 3.94. The van der Waals surface area contributed by atoms with Gasteiger partial charge in [0.15, 0.2) is 0 Å². The third-order valence-corrected chi connectivity index (χ3v) is 3.94. The Bertz CT molecular complexity index is 440. The van der Waals surface area contributed by atoms with E-state index in [1.165, 1.54) is 5.56 Å². The van der Waals surface area contributed by atoms with Crippen LogP contribution in [0.15, 0.2) is 30.3 Å². The summed E-state index contributed by atoms with van der Waals surface area (Å²) in [4.78, 5) is 11.9. The minimum Gasteiger partial charge on any atom is -0.392 e. The lowest BCUT2D eigenvalue weighted by Crippen LogP contribution is -2.39. The van der Waals surface area contributed by atoms with E-state index in [2.05, 4.69) is 31.3 Å². The van der Waals surface area contributed by atoms with Crippen LogP contribution in [0.2, 0.25) is 0 Å². The van der Waals surface area contributed by atoms with Crippen molar-refractivity contribution in [3.8, 4) is 0 Å². The first kappa shape index (κ1) is 17.7. The van der Waals surface area contributed by atoms with Gasteiger partial charge in [0, 0.05) is 6.04 Å². The molecule has 1 aromatic carbocycles. The zero-order valence-corrected chi connectivity index (χ0v) is 13.9. The fraction of sp³-hybridized carbons (Fsp3) is 0.611. The van der Waals surface area contributed by atoms with Gasteiger partial charge in [-0.2, -0.15) is 0 Å². The predicted molar refractivity (Wildman–Crippen MR) is 87.2 cm³/mol. The normalized spacial score (nSPS) is 14.8. The number of rotatable bonds is 7. The summed E-state index contributed by atoms with van der Waals surface area (Å²) in [6, 6.07) is 10.4. The van der Waals surface area contributed by atoms with Crippen LogP contribution in [0.5, 0.6) is 0 Å². The Balaban J connectivity index is 2.53. The predicted octanol–water partition coefficient (Wildman–Crippen LogP) is 3.27. The van der Waals surface area contributed by atoms with E-state index in [0.717, 1.165) is 6.42 Å². The molecule has 0 spiro atoms. The second kappa shape index (κ2) is 7.60. The van der Waals surface area contributed by atoms with Crippen molar-refractivity contribution in [2.24, 2.45) is 5.92 Å². The first-order valence-electron chi connectivity index (χ1n) is 7.75. The highest BCUT2D eigenvalue weighted by atomic mass is 16.3. The van der Waals surface area contributed by atoms with E-state index < -0.39 is 6.10 Å². The Labute approximate surface area is 128 Å². The summed E-state index contributed by atoms with van der Waals surface area (Å²) in [5, 5.41) is 12.8. The SMILES string of the molecule is CC(CC(C)(C)c1ccccc1)NC(=O)CC(O)C(C)C. The van der Waals surface area contributed by atoms with Crippen LogP contribution in [0, 0.1) is 5.92 Å². The highest BCUT2D eigenvalue weighted by Gasteiger charge is 2.24. The van der Waals surface area contributed by atoms with Gasteiger partial charge >= 0.3 is 0 Å². The molecule has 2 atom stereocenters. The summed E-state index contributed by atoms with van der Waals surface area (Å²) in [7, 11) is 0. The van der Waals surface area contributed by atoms with Crippen LogP contribution in [0.4, 0.5) is 0 Å². The molecule has 0 aliphatic carbocycles. The van der Waals surface area contributed by atoms with Crippen molar-refractivity contribution in [2.75, 3.05) is 0 Å². The van der Waals surface area contributed by atoms with E-state index in [-0.39, 0.29) is 29.7 Å². The van der Waals surface area contributed by atoms with Gasteiger partial charge in [-0.05, 0) is 30.2 Å². The van der Waals surface area contributed by atoms with Gasteiger partial charge in [-0.15, -0.1) is 0 Å². The summed E-state index contributed by atoms with van der Waals surface area (Å²) in [5.74, 6) is 0.0272. The number of carbonyl (C=O) groups excluding carboxylic acids is 1. The van der Waals surface area contributed by atoms with Crippen molar-refractivity contribution in [1.82, 2.24) is 5.32 Å². The van der Waals surface area contributed by atoms with Gasteiger partial charge in [-0.3, -0.25) is 4.79 Å². The second-order valence-electron chi connectivity index (χ2n) is 6.94. The fourth-order valence-corrected chi connectivity index (χ4v) is 2.58. The molecule has 1 aromatic rings. The fourth-order valence-electron chi connectivity index (χ4n) is 2.58. The van der Waals surface area contributed by atoms with E-state index in [0.29, 0.717) is 0 Å². The zero-order chi connectivity index (χ0) is 16.0. The average molecular weight is 291 g/mol. The Morgan fingerprint density at radius 3 is 2.29 bits per heavy atom. The Morgan fingerprint density at radius 2 is 1.76 bits per heavy atom. The molecule has 2 N–H and O–H groups in total. The third kappa shape index (κ3) is 5.88. The van der Waals surface area contributed by atoms with Crippen LogP contribution in [-0.2, 0) is 10.2 Å². The van der Waals surface area contributed by atoms with Gasteiger partial charge < -0.3 is 10.4 Å². The van der Waals surface area contributed by atoms with Crippen LogP contribution in [0.1, 0.15) is 53.0 Å². The maximum Gasteiger partial charge on any atom is 0.222 e. The largest absolute Gasteiger partial charge is 0.392 e. The Kier molecular flexibility index (Phi) is 6.41. The summed E-state index contributed by atoms with van der Waals surface area (Å²) >= 11 is 0. The molecular formula is C18H29NO2. The summed E-state index contributed by atoms with van der Waals surface area (Å²) in [5.41, 5.74) is 1.28. The monoisotopic (exact) mass is 291 g/mol. The van der Waals surface area contributed by atoms with Crippen molar-refractivity contribution in [1.29, 1.82) is 0 Å². The second-order valence-corrected chi connectivity index (χ2v) is 6.94. The number of carbonyl (C=O) groups is 1. The average Bonchev–Trinajstić information content (AvgIpc) is 2.38. The molecular weight excluding hydrogens is 262 g/mol. The maximum atomic E-state index is 11.9. The maximum absolute atomic E-state index is 11.9. The van der Waals surface area contributed by atoms with Crippen molar-refractivity contribution in [2.45, 2.75) is 65.0 Å². The standard InChI is InChI=1S/C18H29NO2/c1-13(2)16(20)11-17(21)19-14(3)12-18(4,5)15-9-7-6-8-10-15/h6-10,13-14,16,20H,11-12H2,1-5H3,(H,19,21). The number of hydrogen-bond acceptors (Lipinski definition) is 2. The van der Waals surface area contributed by atoms with E-state index in [1.54, 1.807) is 0 Å². The van der Waals surface area contributed by atoms with Crippen LogP contribution in [0.3, 0.4) is 0 Å². The van der Waals surface area contributed by atoms with E-state index in [4.69, 9.17) is 0 Å². The van der Waals surface area contributed by atoms with E-state index in [1.807, 2.05) is 39.0 Å². The topological polar surface area (TPSA) is 49.3 Å². The number of benzene rings is 1. The number of aliphatic hydroxyl groups excluding tert-OH is 1. The van der Waals surface area contributed by atoms with Gasteiger partial charge in [0.1, 0.15) is 0 Å². The molecule has 21 heavy (non-hydrogen) atoms. The lowest BCUT2D eigenvalue weighted by molar-refractivity contribution is -0.124. The Morgan fingerprint density at radius 1 is 1.19 bits per heavy atom. The van der Waals surface area contributed by atoms with Crippen molar-refractivity contribution in [3.63, 3.8) is 0 Å². The molecule has 0 aliphatic rings. The number of hydrogen-bond donors (Lipinski definition) is 2. The summed E-state index contributed by atoms with van der Waals surface area (Å²) in [6.07, 6.45) is 0.466. The molecule has 0 aromatic heterocycles. The quantitative estimate of drug-likeness (QED) is 0.810. The van der Waals surface area contributed by atoms with Gasteiger partial charge in [-0.25, -0.2) is 0 Å². The van der Waals surface area contributed by atoms with Crippen molar-refractivity contribution >= 4 is 5.91 Å². The molecule has 0 heterocycles. The first-order valence-corrected chi connectivity index (χ1v) is 7.75. The molecule has 3 heteroatoms. The Hall–Kier alpha value is -1.35. The first-order chi connectivity index (χ1) is 9.72. The molecule has 0 aliphatic heterocycles. The lowest BCUT2D eigenvalue weighted by Gasteiger charge is -2.29. The summed E-state index contributed by atoms with van der Waals surface area (Å²) < 4.78 is 0. The molecule has 1 amide bonds. The van der Waals surface area contributed by atoms with Crippen LogP contribution in [0.25, 0.3) is 0 Å². The molecule has 0 bridgehead atoms. The van der Waals surface area contributed by atoms with Crippen LogP contribution >= 0.6 is 0 Å². The van der Waals surface area contributed by atoms with Gasteiger partial charge in [-0.1, -0.05) is 58.0 Å². The smallest absolute Gasteiger partial charge is 0.222 e. The summed E-state index contributed by atoms with van der Waals surface area (Å²) in [6.45, 7) is 10.2. The molecule has 0 saturated carbocycles. The molecule has 3 nitrogen and oxygen atoms in total. The zero-order valence-electron chi connectivity index (χ0n) is 13.9. The van der Waals surface area contributed by atoms with Gasteiger partial charge in [0.2, 0.25) is 5.91 Å². The number of aliphatic hydroxyl groups is 1. The molecule has 1 rings (SSSR count). The van der Waals surface area contributed by atoms with Crippen molar-refractivity contribution < 1.29 is 9.90 Å². The van der Waals surface area contributed by atoms with Gasteiger partial charge in [0.05, 0.1) is 12.5 Å². The molecule has 118 valence electrons.